The van der Waals surface area contributed by atoms with Crippen LogP contribution in [0.5, 0.6) is 0 Å². The normalized spacial score (nSPS) is 22.3. The standard InChI is InChI=1S/C34H54O2/c35-34(36)32(28-29-22-16-10-4-1-5-11-17-23-29)33(30-24-18-12-6-2-7-13-19-25-30)31-26-20-14-8-3-9-15-21-27-31/h22,24,26H,1-21,23,25,27-28H2,(H,35,36). The van der Waals surface area contributed by atoms with Crippen LogP contribution in [0, 0.1) is 0 Å². The summed E-state index contributed by atoms with van der Waals surface area (Å²) in [6, 6.07) is 0. The summed E-state index contributed by atoms with van der Waals surface area (Å²) in [4.78, 5) is 13.0. The molecular formula is C34H54O2. The van der Waals surface area contributed by atoms with Crippen LogP contribution in [-0.4, -0.2) is 11.1 Å². The molecule has 0 heterocycles. The van der Waals surface area contributed by atoms with Crippen LogP contribution in [0.25, 0.3) is 0 Å². The molecule has 36 heavy (non-hydrogen) atoms. The third kappa shape index (κ3) is 10.8. The zero-order valence-corrected chi connectivity index (χ0v) is 23.3. The van der Waals surface area contributed by atoms with E-state index in [0.29, 0.717) is 12.0 Å². The molecule has 0 unspecified atom stereocenters. The maximum Gasteiger partial charge on any atom is 0.332 e. The predicted octanol–water partition coefficient (Wildman–Crippen LogP) is 10.9. The average molecular weight is 495 g/mol. The van der Waals surface area contributed by atoms with Crippen molar-refractivity contribution in [3.8, 4) is 0 Å². The van der Waals surface area contributed by atoms with E-state index in [1.54, 1.807) is 0 Å². The molecule has 3 aliphatic rings. The van der Waals surface area contributed by atoms with Gasteiger partial charge in [-0.2, -0.15) is 0 Å². The second kappa shape index (κ2) is 17.8. The number of carbonyl (C=O) groups is 1. The third-order valence-electron chi connectivity index (χ3n) is 8.57. The molecule has 0 spiro atoms. The Kier molecular flexibility index (Phi) is 14.3. The minimum atomic E-state index is -0.681. The highest BCUT2D eigenvalue weighted by Crippen LogP contribution is 2.36. The second-order valence-corrected chi connectivity index (χ2v) is 11.6. The van der Waals surface area contributed by atoms with Crippen molar-refractivity contribution in [2.24, 2.45) is 0 Å². The second-order valence-electron chi connectivity index (χ2n) is 11.6. The minimum absolute atomic E-state index is 0.638. The van der Waals surface area contributed by atoms with E-state index in [1.165, 1.54) is 132 Å². The van der Waals surface area contributed by atoms with Crippen molar-refractivity contribution in [2.75, 3.05) is 0 Å². The molecule has 2 nitrogen and oxygen atoms in total. The van der Waals surface area contributed by atoms with Crippen LogP contribution in [0.15, 0.2) is 46.1 Å². The van der Waals surface area contributed by atoms with Crippen molar-refractivity contribution >= 4 is 5.97 Å². The Hall–Kier alpha value is -1.57. The topological polar surface area (TPSA) is 37.3 Å². The van der Waals surface area contributed by atoms with E-state index in [9.17, 15) is 9.90 Å². The van der Waals surface area contributed by atoms with Crippen molar-refractivity contribution in [3.05, 3.63) is 46.1 Å². The largest absolute Gasteiger partial charge is 0.478 e. The summed E-state index contributed by atoms with van der Waals surface area (Å²) < 4.78 is 0. The van der Waals surface area contributed by atoms with Gasteiger partial charge in [0.25, 0.3) is 0 Å². The highest BCUT2D eigenvalue weighted by Gasteiger charge is 2.22. The lowest BCUT2D eigenvalue weighted by Gasteiger charge is -2.22. The first-order chi connectivity index (χ1) is 17.8. The monoisotopic (exact) mass is 494 g/mol. The predicted molar refractivity (Wildman–Crippen MR) is 154 cm³/mol. The SMILES string of the molecule is O=C(O)C(CC1=CCCCCCCCC1)=C(C1=CCCCCCCCC1)C1=CCCCCCCCC1. The molecule has 202 valence electrons. The van der Waals surface area contributed by atoms with Crippen molar-refractivity contribution in [3.63, 3.8) is 0 Å². The van der Waals surface area contributed by atoms with Crippen LogP contribution in [0.2, 0.25) is 0 Å². The first kappa shape index (κ1) is 29.0. The molecule has 3 rings (SSSR count). The fraction of sp³-hybridized carbons (Fsp3) is 0.735. The fourth-order valence-electron chi connectivity index (χ4n) is 6.41. The fourth-order valence-corrected chi connectivity index (χ4v) is 6.41. The smallest absolute Gasteiger partial charge is 0.332 e. The summed E-state index contributed by atoms with van der Waals surface area (Å²) in [5.74, 6) is -0.681. The van der Waals surface area contributed by atoms with E-state index >= 15 is 0 Å². The van der Waals surface area contributed by atoms with Gasteiger partial charge in [-0.15, -0.1) is 0 Å². The Morgan fingerprint density at radius 2 is 0.917 bits per heavy atom. The van der Waals surface area contributed by atoms with Crippen LogP contribution in [-0.2, 0) is 4.79 Å². The van der Waals surface area contributed by atoms with Crippen LogP contribution in [0.1, 0.15) is 161 Å². The number of carboxylic acid groups (broad SMARTS) is 1. The van der Waals surface area contributed by atoms with Gasteiger partial charge < -0.3 is 5.11 Å². The molecule has 0 bridgehead atoms. The highest BCUT2D eigenvalue weighted by molar-refractivity contribution is 5.90. The van der Waals surface area contributed by atoms with Gasteiger partial charge in [0, 0.05) is 12.0 Å². The molecule has 0 aromatic heterocycles. The van der Waals surface area contributed by atoms with E-state index < -0.39 is 5.97 Å². The molecule has 1 N–H and O–H groups in total. The summed E-state index contributed by atoms with van der Waals surface area (Å²) >= 11 is 0. The molecule has 0 aliphatic heterocycles. The van der Waals surface area contributed by atoms with Crippen molar-refractivity contribution in [2.45, 2.75) is 161 Å². The Labute approximate surface area is 222 Å². The van der Waals surface area contributed by atoms with Gasteiger partial charge in [0.15, 0.2) is 0 Å². The van der Waals surface area contributed by atoms with Gasteiger partial charge in [0.1, 0.15) is 0 Å². The lowest BCUT2D eigenvalue weighted by Crippen LogP contribution is -2.11. The van der Waals surface area contributed by atoms with Crippen molar-refractivity contribution < 1.29 is 9.90 Å². The Morgan fingerprint density at radius 1 is 0.528 bits per heavy atom. The van der Waals surface area contributed by atoms with Gasteiger partial charge in [0.2, 0.25) is 0 Å². The minimum Gasteiger partial charge on any atom is -0.478 e. The highest BCUT2D eigenvalue weighted by atomic mass is 16.4. The van der Waals surface area contributed by atoms with E-state index in [2.05, 4.69) is 18.2 Å². The molecule has 3 aliphatic carbocycles. The number of hydrogen-bond acceptors (Lipinski definition) is 1. The van der Waals surface area contributed by atoms with Gasteiger partial charge in [-0.05, 0) is 93.8 Å². The lowest BCUT2D eigenvalue weighted by molar-refractivity contribution is -0.132. The molecule has 0 saturated carbocycles. The van der Waals surface area contributed by atoms with Crippen LogP contribution in [0.3, 0.4) is 0 Å². The number of aliphatic carboxylic acids is 1. The van der Waals surface area contributed by atoms with Crippen LogP contribution >= 0.6 is 0 Å². The zero-order valence-electron chi connectivity index (χ0n) is 23.3. The Balaban J connectivity index is 2.01. The lowest BCUT2D eigenvalue weighted by atomic mass is 9.82. The first-order valence-corrected chi connectivity index (χ1v) is 15.8. The molecule has 0 aromatic rings. The Bertz CT molecular complexity index is 743. The number of rotatable bonds is 5. The van der Waals surface area contributed by atoms with Gasteiger partial charge in [-0.3, -0.25) is 0 Å². The molecule has 0 fully saturated rings. The van der Waals surface area contributed by atoms with Crippen molar-refractivity contribution in [1.29, 1.82) is 0 Å². The van der Waals surface area contributed by atoms with Gasteiger partial charge >= 0.3 is 5.97 Å². The summed E-state index contributed by atoms with van der Waals surface area (Å²) in [6.45, 7) is 0. The summed E-state index contributed by atoms with van der Waals surface area (Å²) in [5.41, 5.74) is 5.95. The van der Waals surface area contributed by atoms with E-state index in [0.717, 1.165) is 44.1 Å². The first-order valence-electron chi connectivity index (χ1n) is 15.8. The van der Waals surface area contributed by atoms with Gasteiger partial charge in [-0.1, -0.05) is 101 Å². The van der Waals surface area contributed by atoms with E-state index in [1.807, 2.05) is 0 Å². The number of hydrogen-bond donors (Lipinski definition) is 1. The third-order valence-corrected chi connectivity index (χ3v) is 8.57. The average Bonchev–Trinajstić information content (AvgIpc) is 2.89. The number of carboxylic acids is 1. The van der Waals surface area contributed by atoms with Gasteiger partial charge in [0.05, 0.1) is 0 Å². The quantitative estimate of drug-likeness (QED) is 0.305. The molecule has 2 heteroatoms. The molecule has 0 aromatic carbocycles. The van der Waals surface area contributed by atoms with E-state index in [4.69, 9.17) is 0 Å². The number of allylic oxidation sites excluding steroid dienone is 7. The summed E-state index contributed by atoms with van der Waals surface area (Å²) in [6.07, 6.45) is 37.6. The molecule has 0 atom stereocenters. The summed E-state index contributed by atoms with van der Waals surface area (Å²) in [5, 5.41) is 10.7. The molecule has 0 radical (unpaired) electrons. The van der Waals surface area contributed by atoms with Crippen LogP contribution in [0.4, 0.5) is 0 Å². The van der Waals surface area contributed by atoms with Gasteiger partial charge in [-0.25, -0.2) is 4.79 Å². The van der Waals surface area contributed by atoms with Crippen LogP contribution < -0.4 is 0 Å². The summed E-state index contributed by atoms with van der Waals surface area (Å²) in [7, 11) is 0. The van der Waals surface area contributed by atoms with Crippen molar-refractivity contribution in [1.82, 2.24) is 0 Å². The maximum atomic E-state index is 13.0. The zero-order chi connectivity index (χ0) is 25.3. The maximum absolute atomic E-state index is 13.0. The Morgan fingerprint density at radius 3 is 1.39 bits per heavy atom. The molecule has 0 saturated heterocycles. The molecular weight excluding hydrogens is 440 g/mol. The molecule has 0 amide bonds. The van der Waals surface area contributed by atoms with E-state index in [-0.39, 0.29) is 0 Å².